The smallest absolute Gasteiger partial charge is 0.290 e. The third-order valence-electron chi connectivity index (χ3n) is 6.66. The second kappa shape index (κ2) is 7.09. The number of amides is 2. The maximum Gasteiger partial charge on any atom is 0.290 e. The first-order valence-corrected chi connectivity index (χ1v) is 10.7. The zero-order valence-electron chi connectivity index (χ0n) is 17.5. The molecule has 0 aliphatic carbocycles. The third kappa shape index (κ3) is 2.73. The number of likely N-dealkylation sites (tertiary alicyclic amines) is 1. The van der Waals surface area contributed by atoms with E-state index in [2.05, 4.69) is 20.3 Å². The van der Waals surface area contributed by atoms with Crippen molar-refractivity contribution in [2.24, 2.45) is 0 Å². The Labute approximate surface area is 188 Å². The van der Waals surface area contributed by atoms with Gasteiger partial charge in [0.25, 0.3) is 11.5 Å². The molecular formula is C25H19N5O3. The number of H-pyrrole nitrogens is 1. The standard InChI is InChI=1S/C25H19N5O3/c31-22-16-7-1-3-9-18(16)27-21(29-22)23(32)30-13-11-25(20(30)15-6-5-12-26-14-15)17-8-2-4-10-19(17)28-24(25)33/h1-10,12,14,20H,11,13H2,(H,28,33)(H,27,29,31). The van der Waals surface area contributed by atoms with Crippen molar-refractivity contribution in [3.8, 4) is 0 Å². The van der Waals surface area contributed by atoms with Crippen LogP contribution < -0.4 is 10.9 Å². The largest absolute Gasteiger partial charge is 0.327 e. The summed E-state index contributed by atoms with van der Waals surface area (Å²) in [4.78, 5) is 52.7. The normalized spacial score (nSPS) is 21.4. The van der Waals surface area contributed by atoms with Gasteiger partial charge in [-0.15, -0.1) is 0 Å². The summed E-state index contributed by atoms with van der Waals surface area (Å²) >= 11 is 0. The highest BCUT2D eigenvalue weighted by molar-refractivity contribution is 6.08. The molecule has 4 aromatic rings. The fourth-order valence-corrected chi connectivity index (χ4v) is 5.23. The molecule has 8 heteroatoms. The van der Waals surface area contributed by atoms with Crippen LogP contribution in [0.1, 0.15) is 34.2 Å². The van der Waals surface area contributed by atoms with Crippen molar-refractivity contribution in [1.29, 1.82) is 0 Å². The third-order valence-corrected chi connectivity index (χ3v) is 6.66. The lowest BCUT2D eigenvalue weighted by molar-refractivity contribution is -0.121. The fourth-order valence-electron chi connectivity index (χ4n) is 5.23. The SMILES string of the molecule is O=C(c1nc2ccccc2c(=O)[nH]1)N1CCC2(C(=O)Nc3ccccc32)C1c1cccnc1. The Morgan fingerprint density at radius 2 is 1.85 bits per heavy atom. The van der Waals surface area contributed by atoms with E-state index in [4.69, 9.17) is 0 Å². The summed E-state index contributed by atoms with van der Waals surface area (Å²) in [5.74, 6) is -0.620. The molecule has 1 saturated heterocycles. The minimum atomic E-state index is -0.952. The van der Waals surface area contributed by atoms with E-state index >= 15 is 0 Å². The van der Waals surface area contributed by atoms with Gasteiger partial charge in [-0.3, -0.25) is 19.4 Å². The number of benzene rings is 2. The highest BCUT2D eigenvalue weighted by atomic mass is 16.2. The number of aromatic nitrogens is 3. The summed E-state index contributed by atoms with van der Waals surface area (Å²) in [6.07, 6.45) is 3.78. The number of carbonyl (C=O) groups excluding carboxylic acids is 2. The van der Waals surface area contributed by atoms with E-state index in [0.717, 1.165) is 16.8 Å². The summed E-state index contributed by atoms with van der Waals surface area (Å²) in [5.41, 5.74) is 1.48. The number of rotatable bonds is 2. The minimum Gasteiger partial charge on any atom is -0.327 e. The lowest BCUT2D eigenvalue weighted by Crippen LogP contribution is -2.43. The zero-order chi connectivity index (χ0) is 22.6. The van der Waals surface area contributed by atoms with Crippen LogP contribution in [0.15, 0.2) is 77.9 Å². The predicted octanol–water partition coefficient (Wildman–Crippen LogP) is 2.80. The molecule has 4 heterocycles. The highest BCUT2D eigenvalue weighted by Crippen LogP contribution is 2.54. The van der Waals surface area contributed by atoms with Crippen LogP contribution >= 0.6 is 0 Å². The monoisotopic (exact) mass is 437 g/mol. The van der Waals surface area contributed by atoms with Crippen LogP contribution in [0.2, 0.25) is 0 Å². The van der Waals surface area contributed by atoms with Crippen molar-refractivity contribution in [2.75, 3.05) is 11.9 Å². The van der Waals surface area contributed by atoms with Gasteiger partial charge >= 0.3 is 0 Å². The molecular weight excluding hydrogens is 418 g/mol. The number of carbonyl (C=O) groups is 2. The molecule has 2 amide bonds. The average Bonchev–Trinajstić information content (AvgIpc) is 3.38. The summed E-state index contributed by atoms with van der Waals surface area (Å²) in [6, 6.07) is 17.5. The molecule has 2 aromatic carbocycles. The van der Waals surface area contributed by atoms with Crippen molar-refractivity contribution >= 4 is 28.4 Å². The van der Waals surface area contributed by atoms with Gasteiger partial charge in [0.1, 0.15) is 5.41 Å². The fraction of sp³-hybridized carbons (Fsp3) is 0.160. The van der Waals surface area contributed by atoms with Crippen LogP contribution in [0.25, 0.3) is 10.9 Å². The van der Waals surface area contributed by atoms with Crippen LogP contribution in [-0.2, 0) is 10.2 Å². The number of hydrogen-bond acceptors (Lipinski definition) is 5. The Kier molecular flexibility index (Phi) is 4.16. The first kappa shape index (κ1) is 19.4. The molecule has 6 rings (SSSR count). The molecule has 2 unspecified atom stereocenters. The molecule has 0 radical (unpaired) electrons. The van der Waals surface area contributed by atoms with Crippen LogP contribution in [0.3, 0.4) is 0 Å². The van der Waals surface area contributed by atoms with E-state index in [9.17, 15) is 14.4 Å². The number of pyridine rings is 1. The van der Waals surface area contributed by atoms with Gasteiger partial charge in [-0.1, -0.05) is 36.4 Å². The van der Waals surface area contributed by atoms with Gasteiger partial charge in [-0.05, 0) is 41.8 Å². The molecule has 1 spiro atoms. The van der Waals surface area contributed by atoms with Gasteiger partial charge in [0.2, 0.25) is 5.91 Å². The first-order valence-electron chi connectivity index (χ1n) is 10.7. The lowest BCUT2D eigenvalue weighted by Gasteiger charge is -2.34. The van der Waals surface area contributed by atoms with E-state index in [0.29, 0.717) is 23.9 Å². The first-order chi connectivity index (χ1) is 16.1. The van der Waals surface area contributed by atoms with E-state index < -0.39 is 17.4 Å². The topological polar surface area (TPSA) is 108 Å². The molecule has 2 aliphatic rings. The molecule has 1 fully saturated rings. The Balaban J connectivity index is 1.51. The number of anilines is 1. The van der Waals surface area contributed by atoms with Crippen LogP contribution in [-0.4, -0.2) is 38.2 Å². The van der Waals surface area contributed by atoms with Crippen molar-refractivity contribution in [3.05, 3.63) is 100 Å². The summed E-state index contributed by atoms with van der Waals surface area (Å²) < 4.78 is 0. The summed E-state index contributed by atoms with van der Waals surface area (Å²) in [7, 11) is 0. The number of nitrogens with one attached hydrogen (secondary N) is 2. The van der Waals surface area contributed by atoms with Gasteiger partial charge in [0.05, 0.1) is 16.9 Å². The van der Waals surface area contributed by atoms with E-state index in [1.807, 2.05) is 30.3 Å². The van der Waals surface area contributed by atoms with Crippen molar-refractivity contribution < 1.29 is 9.59 Å². The molecule has 33 heavy (non-hydrogen) atoms. The van der Waals surface area contributed by atoms with Crippen LogP contribution in [0.5, 0.6) is 0 Å². The molecule has 162 valence electrons. The summed E-state index contributed by atoms with van der Waals surface area (Å²) in [5, 5.41) is 3.41. The summed E-state index contributed by atoms with van der Waals surface area (Å²) in [6.45, 7) is 0.330. The van der Waals surface area contributed by atoms with Crippen molar-refractivity contribution in [2.45, 2.75) is 17.9 Å². The number of hydrogen-bond donors (Lipinski definition) is 2. The quantitative estimate of drug-likeness (QED) is 0.501. The van der Waals surface area contributed by atoms with Gasteiger partial charge < -0.3 is 15.2 Å². The number of aromatic amines is 1. The molecule has 0 bridgehead atoms. The Hall–Kier alpha value is -4.33. The Morgan fingerprint density at radius 1 is 1.03 bits per heavy atom. The minimum absolute atomic E-state index is 0.0451. The molecule has 2 aromatic heterocycles. The van der Waals surface area contributed by atoms with E-state index in [1.54, 1.807) is 47.6 Å². The number of nitrogens with zero attached hydrogens (tertiary/aromatic N) is 3. The second-order valence-electron chi connectivity index (χ2n) is 8.34. The highest BCUT2D eigenvalue weighted by Gasteiger charge is 2.59. The molecule has 2 N–H and O–H groups in total. The maximum atomic E-state index is 13.7. The predicted molar refractivity (Wildman–Crippen MR) is 122 cm³/mol. The number of para-hydroxylation sites is 2. The van der Waals surface area contributed by atoms with Crippen molar-refractivity contribution in [1.82, 2.24) is 19.9 Å². The number of fused-ring (bicyclic) bond motifs is 3. The Morgan fingerprint density at radius 3 is 2.70 bits per heavy atom. The van der Waals surface area contributed by atoms with Crippen LogP contribution in [0.4, 0.5) is 5.69 Å². The lowest BCUT2D eigenvalue weighted by atomic mass is 9.73. The molecule has 0 saturated carbocycles. The molecule has 8 nitrogen and oxygen atoms in total. The second-order valence-corrected chi connectivity index (χ2v) is 8.34. The van der Waals surface area contributed by atoms with E-state index in [1.165, 1.54) is 0 Å². The molecule has 2 aliphatic heterocycles. The molecule has 2 atom stereocenters. The Bertz CT molecular complexity index is 1480. The van der Waals surface area contributed by atoms with Crippen molar-refractivity contribution in [3.63, 3.8) is 0 Å². The van der Waals surface area contributed by atoms with E-state index in [-0.39, 0.29) is 17.3 Å². The van der Waals surface area contributed by atoms with Gasteiger partial charge in [0, 0.05) is 24.6 Å². The van der Waals surface area contributed by atoms with Crippen LogP contribution in [0, 0.1) is 0 Å². The van der Waals surface area contributed by atoms with Gasteiger partial charge in [-0.25, -0.2) is 4.98 Å². The average molecular weight is 437 g/mol. The van der Waals surface area contributed by atoms with Gasteiger partial charge in [-0.2, -0.15) is 0 Å². The maximum absolute atomic E-state index is 13.7. The van der Waals surface area contributed by atoms with Gasteiger partial charge in [0.15, 0.2) is 5.82 Å². The zero-order valence-corrected chi connectivity index (χ0v) is 17.5.